The molecule has 8 nitrogen and oxygen atoms in total. The first-order chi connectivity index (χ1) is 19.5. The van der Waals surface area contributed by atoms with Gasteiger partial charge in [0.05, 0.1) is 22.3 Å². The molecule has 2 N–H and O–H groups in total. The molecular formula is C31H40Cl2N2O6. The summed E-state index contributed by atoms with van der Waals surface area (Å²) in [5.41, 5.74) is 3.10. The molecule has 2 heterocycles. The van der Waals surface area contributed by atoms with Crippen LogP contribution in [0.5, 0.6) is 5.75 Å². The lowest BCUT2D eigenvalue weighted by atomic mass is 9.98. The van der Waals surface area contributed by atoms with Gasteiger partial charge >= 0.3 is 11.9 Å². The maximum atomic E-state index is 13.6. The molecule has 3 rings (SSSR count). The van der Waals surface area contributed by atoms with Gasteiger partial charge in [0.25, 0.3) is 0 Å². The Morgan fingerprint density at radius 3 is 1.98 bits per heavy atom. The highest BCUT2D eigenvalue weighted by molar-refractivity contribution is 6.38. The molecule has 2 aromatic heterocycles. The number of unbranched alkanes of at least 4 members (excludes halogenated alkanes) is 2. The van der Waals surface area contributed by atoms with E-state index in [0.29, 0.717) is 33.7 Å². The minimum absolute atomic E-state index is 0.0993. The standard InChI is InChI=1S/C29H38Cl2N2O2.C2H2O4/c1-5-7-13-32(14-8-6-2)15-11-17-35-29-25(30)18-22(19-26(29)31)28(34)27-24(21(3)4)20-23-12-9-10-16-33(23)27;3-1(4)2(5)6/h9-10,12,16,18-21H,5-8,11,13-15,17H2,1-4H3;(H,3,4)(H,5,6). The van der Waals surface area contributed by atoms with E-state index in [0.717, 1.165) is 37.1 Å². The van der Waals surface area contributed by atoms with Gasteiger partial charge in [-0.3, -0.25) is 4.79 Å². The Morgan fingerprint density at radius 2 is 1.46 bits per heavy atom. The zero-order valence-electron chi connectivity index (χ0n) is 24.2. The van der Waals surface area contributed by atoms with Crippen molar-refractivity contribution in [2.24, 2.45) is 0 Å². The quantitative estimate of drug-likeness (QED) is 0.111. The maximum Gasteiger partial charge on any atom is 0.414 e. The highest BCUT2D eigenvalue weighted by atomic mass is 35.5. The SMILES string of the molecule is CCCCN(CCCC)CCCOc1c(Cl)cc(C(=O)c2c(C(C)C)cc3ccccn23)cc1Cl.O=C(O)C(=O)O. The van der Waals surface area contributed by atoms with Gasteiger partial charge in [0.1, 0.15) is 0 Å². The molecular weight excluding hydrogens is 567 g/mol. The average Bonchev–Trinajstić information content (AvgIpc) is 3.33. The van der Waals surface area contributed by atoms with E-state index >= 15 is 0 Å². The smallest absolute Gasteiger partial charge is 0.414 e. The largest absolute Gasteiger partial charge is 0.490 e. The molecule has 0 unspecified atom stereocenters. The topological polar surface area (TPSA) is 109 Å². The molecule has 0 aliphatic heterocycles. The minimum atomic E-state index is -1.82. The highest BCUT2D eigenvalue weighted by Gasteiger charge is 2.23. The average molecular weight is 608 g/mol. The van der Waals surface area contributed by atoms with Gasteiger partial charge in [-0.15, -0.1) is 0 Å². The van der Waals surface area contributed by atoms with Crippen LogP contribution in [0.25, 0.3) is 5.52 Å². The molecule has 0 aliphatic carbocycles. The van der Waals surface area contributed by atoms with Gasteiger partial charge in [0.2, 0.25) is 5.78 Å². The van der Waals surface area contributed by atoms with Gasteiger partial charge in [0.15, 0.2) is 5.75 Å². The van der Waals surface area contributed by atoms with Gasteiger partial charge in [-0.2, -0.15) is 0 Å². The van der Waals surface area contributed by atoms with Crippen molar-refractivity contribution < 1.29 is 29.3 Å². The molecule has 0 radical (unpaired) electrons. The van der Waals surface area contributed by atoms with Crippen molar-refractivity contribution >= 4 is 46.4 Å². The maximum absolute atomic E-state index is 13.6. The van der Waals surface area contributed by atoms with Crippen LogP contribution in [0.4, 0.5) is 0 Å². The van der Waals surface area contributed by atoms with E-state index in [1.165, 1.54) is 25.7 Å². The fourth-order valence-corrected chi connectivity index (χ4v) is 4.95. The number of ketones is 1. The Balaban J connectivity index is 0.000000883. The normalized spacial score (nSPS) is 11.0. The molecule has 0 saturated heterocycles. The van der Waals surface area contributed by atoms with Crippen LogP contribution in [0.3, 0.4) is 0 Å². The number of carbonyl (C=O) groups excluding carboxylic acids is 1. The molecule has 0 bridgehead atoms. The summed E-state index contributed by atoms with van der Waals surface area (Å²) in [6.07, 6.45) is 7.65. The number of hydrogen-bond donors (Lipinski definition) is 2. The third kappa shape index (κ3) is 10.1. The van der Waals surface area contributed by atoms with Gasteiger partial charge in [-0.1, -0.05) is 69.8 Å². The van der Waals surface area contributed by atoms with Crippen LogP contribution in [0.15, 0.2) is 42.6 Å². The van der Waals surface area contributed by atoms with E-state index in [9.17, 15) is 4.79 Å². The lowest BCUT2D eigenvalue weighted by Crippen LogP contribution is -2.28. The minimum Gasteiger partial charge on any atom is -0.490 e. The van der Waals surface area contributed by atoms with Crippen LogP contribution < -0.4 is 4.74 Å². The molecule has 224 valence electrons. The van der Waals surface area contributed by atoms with Gasteiger partial charge in [-0.25, -0.2) is 9.59 Å². The van der Waals surface area contributed by atoms with Crippen LogP contribution in [0.1, 0.15) is 87.3 Å². The fourth-order valence-electron chi connectivity index (χ4n) is 4.35. The Labute approximate surface area is 251 Å². The number of ether oxygens (including phenoxy) is 1. The van der Waals surface area contributed by atoms with Gasteiger partial charge in [0, 0.05) is 23.8 Å². The van der Waals surface area contributed by atoms with E-state index in [2.05, 4.69) is 38.7 Å². The second kappa shape index (κ2) is 17.0. The molecule has 0 atom stereocenters. The first-order valence-corrected chi connectivity index (χ1v) is 14.7. The van der Waals surface area contributed by atoms with E-state index in [1.54, 1.807) is 12.1 Å². The number of nitrogens with zero attached hydrogens (tertiary/aromatic N) is 2. The monoisotopic (exact) mass is 606 g/mol. The van der Waals surface area contributed by atoms with Crippen molar-refractivity contribution in [3.8, 4) is 5.75 Å². The van der Waals surface area contributed by atoms with Gasteiger partial charge < -0.3 is 24.3 Å². The third-order valence-electron chi connectivity index (χ3n) is 6.51. The molecule has 41 heavy (non-hydrogen) atoms. The summed E-state index contributed by atoms with van der Waals surface area (Å²) in [7, 11) is 0. The Morgan fingerprint density at radius 1 is 0.902 bits per heavy atom. The number of benzene rings is 1. The second-order valence-electron chi connectivity index (χ2n) is 10.1. The molecule has 0 saturated carbocycles. The Hall–Kier alpha value is -3.07. The molecule has 1 aromatic carbocycles. The summed E-state index contributed by atoms with van der Waals surface area (Å²) >= 11 is 13.1. The lowest BCUT2D eigenvalue weighted by Gasteiger charge is -2.22. The Kier molecular flexibility index (Phi) is 14.2. The van der Waals surface area contributed by atoms with Crippen molar-refractivity contribution in [3.63, 3.8) is 0 Å². The van der Waals surface area contributed by atoms with Crippen LogP contribution in [0, 0.1) is 0 Å². The summed E-state index contributed by atoms with van der Waals surface area (Å²) in [4.78, 5) is 34.3. The molecule has 0 amide bonds. The molecule has 10 heteroatoms. The lowest BCUT2D eigenvalue weighted by molar-refractivity contribution is -0.159. The zero-order valence-corrected chi connectivity index (χ0v) is 25.7. The number of rotatable bonds is 14. The third-order valence-corrected chi connectivity index (χ3v) is 7.07. The first kappa shape index (κ1) is 34.1. The number of fused-ring (bicyclic) bond motifs is 1. The summed E-state index contributed by atoms with van der Waals surface area (Å²) < 4.78 is 7.91. The summed E-state index contributed by atoms with van der Waals surface area (Å²) in [6.45, 7) is 12.4. The molecule has 0 fully saturated rings. The summed E-state index contributed by atoms with van der Waals surface area (Å²) in [5, 5.41) is 15.5. The van der Waals surface area contributed by atoms with Crippen molar-refractivity contribution in [1.29, 1.82) is 0 Å². The number of carboxylic acid groups (broad SMARTS) is 2. The molecule has 0 aliphatic rings. The van der Waals surface area contributed by atoms with E-state index in [-0.39, 0.29) is 11.7 Å². The summed E-state index contributed by atoms with van der Waals surface area (Å²) in [5.74, 6) is -3.10. The van der Waals surface area contributed by atoms with E-state index in [1.807, 2.05) is 28.8 Å². The number of hydrogen-bond acceptors (Lipinski definition) is 5. The van der Waals surface area contributed by atoms with Crippen molar-refractivity contribution in [3.05, 3.63) is 69.5 Å². The van der Waals surface area contributed by atoms with E-state index < -0.39 is 11.9 Å². The predicted molar refractivity (Wildman–Crippen MR) is 163 cm³/mol. The number of carbonyl (C=O) groups is 3. The van der Waals surface area contributed by atoms with Crippen molar-refractivity contribution in [1.82, 2.24) is 9.30 Å². The predicted octanol–water partition coefficient (Wildman–Crippen LogP) is 7.43. The number of pyridine rings is 1. The van der Waals surface area contributed by atoms with Gasteiger partial charge in [-0.05, 0) is 74.2 Å². The number of carboxylic acids is 2. The molecule has 3 aromatic rings. The fraction of sp³-hybridized carbons (Fsp3) is 0.452. The second-order valence-corrected chi connectivity index (χ2v) is 10.9. The van der Waals surface area contributed by atoms with E-state index in [4.69, 9.17) is 47.7 Å². The Bertz CT molecular complexity index is 1280. The molecule has 0 spiro atoms. The van der Waals surface area contributed by atoms with Crippen LogP contribution in [-0.2, 0) is 9.59 Å². The number of halogens is 2. The van der Waals surface area contributed by atoms with Crippen molar-refractivity contribution in [2.75, 3.05) is 26.2 Å². The zero-order chi connectivity index (χ0) is 30.5. The summed E-state index contributed by atoms with van der Waals surface area (Å²) in [6, 6.07) is 11.3. The first-order valence-electron chi connectivity index (χ1n) is 14.0. The number of aromatic nitrogens is 1. The number of aliphatic carboxylic acids is 2. The van der Waals surface area contributed by atoms with Crippen LogP contribution in [0.2, 0.25) is 10.0 Å². The highest BCUT2D eigenvalue weighted by Crippen LogP contribution is 2.36. The van der Waals surface area contributed by atoms with Crippen LogP contribution >= 0.6 is 23.2 Å². The van der Waals surface area contributed by atoms with Crippen molar-refractivity contribution in [2.45, 2.75) is 65.7 Å². The van der Waals surface area contributed by atoms with Crippen LogP contribution in [-0.4, -0.2) is 63.5 Å².